The first kappa shape index (κ1) is 45.7. The Morgan fingerprint density at radius 3 is 0.855 bits per heavy atom. The van der Waals surface area contributed by atoms with Crippen LogP contribution >= 0.6 is 0 Å². The van der Waals surface area contributed by atoms with E-state index in [0.717, 1.165) is 94.2 Å². The van der Waals surface area contributed by atoms with E-state index in [1.165, 1.54) is 76.6 Å². The molecule has 5 nitrogen and oxygen atoms in total. The van der Waals surface area contributed by atoms with Crippen LogP contribution in [-0.4, -0.2) is 13.7 Å². The summed E-state index contributed by atoms with van der Waals surface area (Å²) in [5.41, 5.74) is 23.1. The summed E-state index contributed by atoms with van der Waals surface area (Å²) in [5.74, 6) is 0. The molecule has 0 aliphatic heterocycles. The van der Waals surface area contributed by atoms with E-state index in [4.69, 9.17) is 8.83 Å². The summed E-state index contributed by atoms with van der Waals surface area (Å²) in [7, 11) is 0. The normalized spacial score (nSPS) is 12.1. The van der Waals surface area contributed by atoms with Gasteiger partial charge in [-0.1, -0.05) is 152 Å². The third-order valence-electron chi connectivity index (χ3n) is 17.4. The number of nitrogens with zero attached hydrogens (tertiary/aromatic N) is 3. The summed E-state index contributed by atoms with van der Waals surface area (Å²) in [6.07, 6.45) is 0. The molecule has 386 valence electrons. The van der Waals surface area contributed by atoms with Crippen molar-refractivity contribution >= 4 is 109 Å². The minimum atomic E-state index is 0.866. The Morgan fingerprint density at radius 1 is 0.169 bits per heavy atom. The molecule has 5 aromatic heterocycles. The predicted molar refractivity (Wildman–Crippen MR) is 346 cm³/mol. The first-order chi connectivity index (χ1) is 41.1. The lowest BCUT2D eigenvalue weighted by Crippen LogP contribution is -1.93. The second-order valence-electron chi connectivity index (χ2n) is 22.0. The van der Waals surface area contributed by atoms with E-state index in [1.807, 2.05) is 0 Å². The summed E-state index contributed by atoms with van der Waals surface area (Å²) < 4.78 is 20.4. The first-order valence-electron chi connectivity index (χ1n) is 28.4. The lowest BCUT2D eigenvalue weighted by molar-refractivity contribution is 0.668. The van der Waals surface area contributed by atoms with Gasteiger partial charge in [-0.15, -0.1) is 0 Å². The summed E-state index contributed by atoms with van der Waals surface area (Å²) in [6.45, 7) is 0. The molecule has 0 unspecified atom stereocenters. The molecule has 0 N–H and O–H groups in total. The molecule has 0 saturated heterocycles. The van der Waals surface area contributed by atoms with E-state index < -0.39 is 0 Å². The molecule has 5 heteroatoms. The second kappa shape index (κ2) is 17.7. The van der Waals surface area contributed by atoms with Gasteiger partial charge < -0.3 is 22.5 Å². The van der Waals surface area contributed by atoms with Crippen molar-refractivity contribution in [2.24, 2.45) is 0 Å². The molecule has 0 aliphatic rings. The lowest BCUT2D eigenvalue weighted by Gasteiger charge is -2.09. The van der Waals surface area contributed by atoms with Crippen LogP contribution in [0.5, 0.6) is 0 Å². The molecule has 0 bridgehead atoms. The number of aromatic nitrogens is 3. The maximum absolute atomic E-state index is 6.59. The molecular weight excluding hydrogens is 1010 g/mol. The SMILES string of the molecule is c1ccc(-c2ccc3c(c2)c2ccccc2n3-c2ccc3oc4ccc(-c5ccc6c(c5)c5cc(-c7ccc8oc9ccc(-n%10c%11ccccc%11c%11cc(-c%12ccccc%12)ccc%11%10)cc9c8c7)ccc5n6-c5ccccc5)cc4c3c2)cc1. The Labute approximate surface area is 475 Å². The third-order valence-corrected chi connectivity index (χ3v) is 17.4. The van der Waals surface area contributed by atoms with Crippen LogP contribution in [0.25, 0.3) is 171 Å². The first-order valence-corrected chi connectivity index (χ1v) is 28.4. The Bertz CT molecular complexity index is 5350. The number of para-hydroxylation sites is 3. The van der Waals surface area contributed by atoms with Crippen LogP contribution in [-0.2, 0) is 0 Å². The van der Waals surface area contributed by atoms with Crippen molar-refractivity contribution < 1.29 is 8.83 Å². The molecule has 0 fully saturated rings. The van der Waals surface area contributed by atoms with Crippen molar-refractivity contribution in [1.82, 2.24) is 13.7 Å². The minimum Gasteiger partial charge on any atom is -0.456 e. The summed E-state index contributed by atoms with van der Waals surface area (Å²) in [4.78, 5) is 0. The molecule has 83 heavy (non-hydrogen) atoms. The number of rotatable bonds is 7. The van der Waals surface area contributed by atoms with Gasteiger partial charge in [0.25, 0.3) is 0 Å². The van der Waals surface area contributed by atoms with Crippen LogP contribution in [0, 0.1) is 0 Å². The monoisotopic (exact) mass is 1060 g/mol. The van der Waals surface area contributed by atoms with Crippen LogP contribution in [0.3, 0.4) is 0 Å². The van der Waals surface area contributed by atoms with Crippen LogP contribution in [0.15, 0.2) is 294 Å². The van der Waals surface area contributed by atoms with E-state index in [-0.39, 0.29) is 0 Å². The van der Waals surface area contributed by atoms with Crippen molar-refractivity contribution in [2.75, 3.05) is 0 Å². The van der Waals surface area contributed by atoms with E-state index in [1.54, 1.807) is 0 Å². The molecule has 13 aromatic carbocycles. The molecule has 0 atom stereocenters. The maximum Gasteiger partial charge on any atom is 0.135 e. The van der Waals surface area contributed by atoms with Gasteiger partial charge in [0.2, 0.25) is 0 Å². The highest BCUT2D eigenvalue weighted by Crippen LogP contribution is 2.43. The predicted octanol–water partition coefficient (Wildman–Crippen LogP) is 21.4. The van der Waals surface area contributed by atoms with E-state index >= 15 is 0 Å². The molecule has 0 amide bonds. The Balaban J connectivity index is 0.752. The molecular formula is C78H47N3O2. The van der Waals surface area contributed by atoms with E-state index in [0.29, 0.717) is 0 Å². The topological polar surface area (TPSA) is 41.1 Å². The summed E-state index contributed by atoms with van der Waals surface area (Å²) in [5, 5.41) is 11.6. The largest absolute Gasteiger partial charge is 0.456 e. The van der Waals surface area contributed by atoms with Crippen LogP contribution < -0.4 is 0 Å². The van der Waals surface area contributed by atoms with Crippen molar-refractivity contribution in [3.05, 3.63) is 285 Å². The Hall–Kier alpha value is -11.1. The number of hydrogen-bond acceptors (Lipinski definition) is 2. The fourth-order valence-corrected chi connectivity index (χ4v) is 13.5. The van der Waals surface area contributed by atoms with Crippen molar-refractivity contribution in [1.29, 1.82) is 0 Å². The quantitative estimate of drug-likeness (QED) is 0.160. The molecule has 0 aliphatic carbocycles. The van der Waals surface area contributed by atoms with Gasteiger partial charge in [0.15, 0.2) is 0 Å². The fraction of sp³-hybridized carbons (Fsp3) is 0. The highest BCUT2D eigenvalue weighted by atomic mass is 16.3. The molecule has 0 radical (unpaired) electrons. The van der Waals surface area contributed by atoms with Crippen molar-refractivity contribution in [2.45, 2.75) is 0 Å². The standard InChI is InChI=1S/C78H47N3O2/c1-4-14-48(15-5-1)50-24-32-71-61(40-50)59-20-10-12-22-69(59)80(71)57-30-38-77-67(46-57)65-44-54(28-36-75(65)82-77)52-26-34-73-63(42-52)64-43-53(27-35-74(64)79(73)56-18-8-3-9-19-56)55-29-37-76-66(45-55)68-47-58(31-39-78(68)83-76)81-70-23-13-11-21-60(70)62-41-51(25-33-72(62)81)49-16-6-2-7-17-49/h1-47H. The average Bonchev–Trinajstić information content (AvgIpc) is 2.66. The number of fused-ring (bicyclic) bond motifs is 15. The highest BCUT2D eigenvalue weighted by molar-refractivity contribution is 6.16. The lowest BCUT2D eigenvalue weighted by atomic mass is 9.98. The van der Waals surface area contributed by atoms with Gasteiger partial charge in [0.05, 0.1) is 33.1 Å². The average molecular weight is 1060 g/mol. The van der Waals surface area contributed by atoms with Crippen LogP contribution in [0.4, 0.5) is 0 Å². The highest BCUT2D eigenvalue weighted by Gasteiger charge is 2.20. The van der Waals surface area contributed by atoms with Gasteiger partial charge >= 0.3 is 0 Å². The zero-order valence-corrected chi connectivity index (χ0v) is 44.8. The Kier molecular flexibility index (Phi) is 9.73. The Morgan fingerprint density at radius 2 is 0.446 bits per heavy atom. The van der Waals surface area contributed by atoms with Gasteiger partial charge in [-0.25, -0.2) is 0 Å². The van der Waals surface area contributed by atoms with Gasteiger partial charge in [0, 0.05) is 70.9 Å². The van der Waals surface area contributed by atoms with Crippen LogP contribution in [0.2, 0.25) is 0 Å². The van der Waals surface area contributed by atoms with Gasteiger partial charge in [-0.05, 0) is 178 Å². The third kappa shape index (κ3) is 7.01. The zero-order chi connectivity index (χ0) is 54.3. The molecule has 0 saturated carbocycles. The summed E-state index contributed by atoms with van der Waals surface area (Å²) >= 11 is 0. The van der Waals surface area contributed by atoms with Gasteiger partial charge in [-0.2, -0.15) is 0 Å². The number of benzene rings is 13. The van der Waals surface area contributed by atoms with Gasteiger partial charge in [-0.3, -0.25) is 0 Å². The second-order valence-corrected chi connectivity index (χ2v) is 22.0. The number of furan rings is 2. The molecule has 5 heterocycles. The smallest absolute Gasteiger partial charge is 0.135 e. The summed E-state index contributed by atoms with van der Waals surface area (Å²) in [6, 6.07) is 104. The number of hydrogen-bond donors (Lipinski definition) is 0. The van der Waals surface area contributed by atoms with Gasteiger partial charge in [0.1, 0.15) is 22.3 Å². The van der Waals surface area contributed by atoms with Crippen molar-refractivity contribution in [3.8, 4) is 61.6 Å². The zero-order valence-electron chi connectivity index (χ0n) is 44.8. The van der Waals surface area contributed by atoms with Crippen LogP contribution in [0.1, 0.15) is 0 Å². The van der Waals surface area contributed by atoms with Crippen molar-refractivity contribution in [3.63, 3.8) is 0 Å². The van der Waals surface area contributed by atoms with E-state index in [9.17, 15) is 0 Å². The molecule has 18 rings (SSSR count). The molecule has 0 spiro atoms. The fourth-order valence-electron chi connectivity index (χ4n) is 13.5. The van der Waals surface area contributed by atoms with E-state index in [2.05, 4.69) is 299 Å². The molecule has 18 aromatic rings. The minimum absolute atomic E-state index is 0.866. The maximum atomic E-state index is 6.59.